The smallest absolute Gasteiger partial charge is 0.225 e. The molecule has 0 bridgehead atoms. The van der Waals surface area contributed by atoms with Crippen molar-refractivity contribution in [3.8, 4) is 0 Å². The van der Waals surface area contributed by atoms with Crippen LogP contribution in [0.25, 0.3) is 0 Å². The third-order valence-corrected chi connectivity index (χ3v) is 2.05. The van der Waals surface area contributed by atoms with Gasteiger partial charge in [-0.15, -0.1) is 11.6 Å². The molecule has 1 radical (unpaired) electrons. The Balaban J connectivity index is 2.82. The van der Waals surface area contributed by atoms with Crippen LogP contribution in [0.15, 0.2) is 30.3 Å². The molecule has 0 aromatic heterocycles. The molecule has 3 heteroatoms. The minimum atomic E-state index is -0.344. The molecular formula is C10H11ClNO. The highest BCUT2D eigenvalue weighted by Gasteiger charge is 2.16. The van der Waals surface area contributed by atoms with Crippen molar-refractivity contribution < 1.29 is 4.79 Å². The summed E-state index contributed by atoms with van der Waals surface area (Å²) in [5.74, 6) is 0.782. The van der Waals surface area contributed by atoms with Gasteiger partial charge in [0, 0.05) is 0 Å². The van der Waals surface area contributed by atoms with E-state index in [-0.39, 0.29) is 11.8 Å². The highest BCUT2D eigenvalue weighted by Crippen LogP contribution is 2.20. The van der Waals surface area contributed by atoms with Crippen LogP contribution >= 0.6 is 11.6 Å². The maximum Gasteiger partial charge on any atom is 0.225 e. The van der Waals surface area contributed by atoms with Crippen LogP contribution < -0.4 is 5.73 Å². The molecule has 69 valence electrons. The van der Waals surface area contributed by atoms with Crippen LogP contribution in [0.5, 0.6) is 0 Å². The number of halogens is 1. The van der Waals surface area contributed by atoms with E-state index < -0.39 is 0 Å². The summed E-state index contributed by atoms with van der Waals surface area (Å²) in [6.07, 6.45) is 0.473. The Bertz CT molecular complexity index is 274. The van der Waals surface area contributed by atoms with Crippen molar-refractivity contribution in [1.29, 1.82) is 0 Å². The molecule has 2 nitrogen and oxygen atoms in total. The highest BCUT2D eigenvalue weighted by molar-refractivity contribution is 6.23. The molecule has 1 unspecified atom stereocenters. The van der Waals surface area contributed by atoms with Crippen LogP contribution in [0.1, 0.15) is 17.9 Å². The fourth-order valence-corrected chi connectivity index (χ4v) is 1.37. The molecule has 1 aromatic rings. The van der Waals surface area contributed by atoms with Crippen molar-refractivity contribution in [2.24, 2.45) is 5.73 Å². The fraction of sp³-hybridized carbons (Fsp3) is 0.200. The summed E-state index contributed by atoms with van der Waals surface area (Å²) in [6.45, 7) is 0. The average molecular weight is 197 g/mol. The van der Waals surface area contributed by atoms with Crippen LogP contribution in [0.4, 0.5) is 0 Å². The number of hydrogen-bond donors (Lipinski definition) is 1. The number of rotatable bonds is 4. The summed E-state index contributed by atoms with van der Waals surface area (Å²) in [6, 6.07) is 9.39. The van der Waals surface area contributed by atoms with E-state index in [0.29, 0.717) is 6.42 Å². The lowest BCUT2D eigenvalue weighted by Crippen LogP contribution is -2.21. The van der Waals surface area contributed by atoms with Crippen molar-refractivity contribution in [3.05, 3.63) is 41.8 Å². The molecule has 0 saturated carbocycles. The van der Waals surface area contributed by atoms with E-state index >= 15 is 0 Å². The summed E-state index contributed by atoms with van der Waals surface area (Å²) in [4.78, 5) is 11.0. The van der Waals surface area contributed by atoms with E-state index in [9.17, 15) is 4.79 Å². The van der Waals surface area contributed by atoms with Gasteiger partial charge in [0.15, 0.2) is 0 Å². The first-order chi connectivity index (χ1) is 6.25. The van der Waals surface area contributed by atoms with Crippen LogP contribution in [-0.2, 0) is 4.79 Å². The standard InChI is InChI=1S/C10H11ClNO/c11-7-6-9(10(12)13)8-4-2-1-3-5-8/h1-5,7,9H,6H2,(H2,12,13). The van der Waals surface area contributed by atoms with Gasteiger partial charge < -0.3 is 5.73 Å². The van der Waals surface area contributed by atoms with Gasteiger partial charge in [0.25, 0.3) is 0 Å². The van der Waals surface area contributed by atoms with Gasteiger partial charge >= 0.3 is 0 Å². The molecule has 0 saturated heterocycles. The SMILES string of the molecule is NC(=O)C(C[CH]Cl)c1ccccc1. The summed E-state index contributed by atoms with van der Waals surface area (Å²) in [7, 11) is 0. The molecular weight excluding hydrogens is 186 g/mol. The van der Waals surface area contributed by atoms with Crippen LogP contribution in [0, 0.1) is 5.88 Å². The molecule has 0 aliphatic rings. The van der Waals surface area contributed by atoms with Crippen molar-refractivity contribution in [3.63, 3.8) is 0 Å². The molecule has 2 N–H and O–H groups in total. The quantitative estimate of drug-likeness (QED) is 0.787. The number of benzene rings is 1. The van der Waals surface area contributed by atoms with Gasteiger partial charge in [-0.25, -0.2) is 0 Å². The maximum atomic E-state index is 11.0. The highest BCUT2D eigenvalue weighted by atomic mass is 35.5. The second-order valence-corrected chi connectivity index (χ2v) is 3.06. The van der Waals surface area contributed by atoms with Gasteiger partial charge in [0.05, 0.1) is 11.8 Å². The summed E-state index contributed by atoms with van der Waals surface area (Å²) < 4.78 is 0. The van der Waals surface area contributed by atoms with Gasteiger partial charge in [0.1, 0.15) is 0 Å². The van der Waals surface area contributed by atoms with Crippen molar-refractivity contribution in [1.82, 2.24) is 0 Å². The predicted molar refractivity (Wildman–Crippen MR) is 53.1 cm³/mol. The molecule has 13 heavy (non-hydrogen) atoms. The van der Waals surface area contributed by atoms with Gasteiger partial charge in [-0.2, -0.15) is 0 Å². The lowest BCUT2D eigenvalue weighted by atomic mass is 9.96. The van der Waals surface area contributed by atoms with Crippen LogP contribution in [0.2, 0.25) is 0 Å². The first-order valence-electron chi connectivity index (χ1n) is 4.02. The number of amides is 1. The zero-order valence-corrected chi connectivity index (χ0v) is 7.87. The van der Waals surface area contributed by atoms with Crippen molar-refractivity contribution in [2.75, 3.05) is 0 Å². The maximum absolute atomic E-state index is 11.0. The normalized spacial score (nSPS) is 12.4. The van der Waals surface area contributed by atoms with Gasteiger partial charge in [0.2, 0.25) is 5.91 Å². The molecule has 1 amide bonds. The molecule has 0 spiro atoms. The molecule has 0 aliphatic carbocycles. The molecule has 1 rings (SSSR count). The monoisotopic (exact) mass is 196 g/mol. The third-order valence-electron chi connectivity index (χ3n) is 1.87. The Hall–Kier alpha value is -1.02. The minimum absolute atomic E-state index is 0.307. The molecule has 1 atom stereocenters. The summed E-state index contributed by atoms with van der Waals surface area (Å²) in [5, 5.41) is 0. The van der Waals surface area contributed by atoms with E-state index in [4.69, 9.17) is 17.3 Å². The Labute approximate surface area is 82.7 Å². The molecule has 0 aliphatic heterocycles. The van der Waals surface area contributed by atoms with E-state index in [1.165, 1.54) is 5.88 Å². The van der Waals surface area contributed by atoms with E-state index in [0.717, 1.165) is 5.56 Å². The van der Waals surface area contributed by atoms with E-state index in [1.54, 1.807) is 0 Å². The number of primary amides is 1. The summed E-state index contributed by atoms with van der Waals surface area (Å²) in [5.41, 5.74) is 6.15. The average Bonchev–Trinajstić information content (AvgIpc) is 2.15. The van der Waals surface area contributed by atoms with E-state index in [2.05, 4.69) is 0 Å². The Kier molecular flexibility index (Phi) is 3.77. The zero-order valence-electron chi connectivity index (χ0n) is 7.11. The van der Waals surface area contributed by atoms with Gasteiger partial charge in [-0.05, 0) is 12.0 Å². The zero-order chi connectivity index (χ0) is 9.68. The number of carbonyl (C=O) groups is 1. The van der Waals surface area contributed by atoms with Crippen LogP contribution in [0.3, 0.4) is 0 Å². The van der Waals surface area contributed by atoms with Crippen molar-refractivity contribution >= 4 is 17.5 Å². The number of carbonyl (C=O) groups excluding carboxylic acids is 1. The number of nitrogens with two attached hydrogens (primary N) is 1. The third kappa shape index (κ3) is 2.74. The van der Waals surface area contributed by atoms with Gasteiger partial charge in [-0.3, -0.25) is 4.79 Å². The molecule has 0 heterocycles. The lowest BCUT2D eigenvalue weighted by molar-refractivity contribution is -0.119. The second kappa shape index (κ2) is 4.87. The topological polar surface area (TPSA) is 43.1 Å². The van der Waals surface area contributed by atoms with Crippen molar-refractivity contribution in [2.45, 2.75) is 12.3 Å². The fourth-order valence-electron chi connectivity index (χ4n) is 1.19. The second-order valence-electron chi connectivity index (χ2n) is 2.76. The first kappa shape index (κ1) is 10.1. The summed E-state index contributed by atoms with van der Waals surface area (Å²) >= 11 is 5.46. The van der Waals surface area contributed by atoms with Crippen LogP contribution in [-0.4, -0.2) is 5.91 Å². The molecule has 0 fully saturated rings. The first-order valence-corrected chi connectivity index (χ1v) is 4.45. The lowest BCUT2D eigenvalue weighted by Gasteiger charge is -2.10. The Morgan fingerprint density at radius 3 is 2.54 bits per heavy atom. The largest absolute Gasteiger partial charge is 0.369 e. The number of hydrogen-bond acceptors (Lipinski definition) is 1. The Morgan fingerprint density at radius 2 is 2.08 bits per heavy atom. The Morgan fingerprint density at radius 1 is 1.46 bits per heavy atom. The molecule has 1 aromatic carbocycles. The van der Waals surface area contributed by atoms with Gasteiger partial charge in [-0.1, -0.05) is 30.3 Å². The minimum Gasteiger partial charge on any atom is -0.369 e. The van der Waals surface area contributed by atoms with E-state index in [1.807, 2.05) is 30.3 Å². The predicted octanol–water partition coefficient (Wildman–Crippen LogP) is 2.05.